The summed E-state index contributed by atoms with van der Waals surface area (Å²) in [5.74, 6) is 0.286. The summed E-state index contributed by atoms with van der Waals surface area (Å²) < 4.78 is 0. The van der Waals surface area contributed by atoms with Gasteiger partial charge in [0.1, 0.15) is 5.69 Å². The van der Waals surface area contributed by atoms with Gasteiger partial charge in [-0.05, 0) is 37.6 Å². The van der Waals surface area contributed by atoms with E-state index in [0.29, 0.717) is 37.4 Å². The summed E-state index contributed by atoms with van der Waals surface area (Å²) in [4.78, 5) is 32.1. The van der Waals surface area contributed by atoms with Crippen LogP contribution in [0.4, 0.5) is 17.2 Å². The summed E-state index contributed by atoms with van der Waals surface area (Å²) in [6.07, 6.45) is 1.04. The topological polar surface area (TPSA) is 84.6 Å². The van der Waals surface area contributed by atoms with E-state index < -0.39 is 0 Å². The molecule has 0 spiro atoms. The smallest absolute Gasteiger partial charge is 0.276 e. The van der Waals surface area contributed by atoms with Crippen molar-refractivity contribution in [3.8, 4) is 0 Å². The lowest BCUT2D eigenvalue weighted by molar-refractivity contribution is -0.116. The minimum Gasteiger partial charge on any atom is -0.369 e. The number of rotatable bonds is 6. The Morgan fingerprint density at radius 2 is 1.71 bits per heavy atom. The van der Waals surface area contributed by atoms with Crippen LogP contribution in [0.1, 0.15) is 28.0 Å². The third kappa shape index (κ3) is 4.68. The average molecular weight is 459 g/mol. The van der Waals surface area contributed by atoms with Gasteiger partial charge in [0.05, 0.1) is 0 Å². The van der Waals surface area contributed by atoms with E-state index in [9.17, 15) is 9.59 Å². The maximum Gasteiger partial charge on any atom is 0.276 e. The minimum atomic E-state index is -0.116. The van der Waals surface area contributed by atoms with Gasteiger partial charge in [0.25, 0.3) is 5.91 Å². The molecular formula is C26H30N6O2. The van der Waals surface area contributed by atoms with Gasteiger partial charge in [0, 0.05) is 62.6 Å². The van der Waals surface area contributed by atoms with Gasteiger partial charge >= 0.3 is 0 Å². The normalized spacial score (nSPS) is 16.4. The molecule has 1 fully saturated rings. The minimum absolute atomic E-state index is 0.0757. The zero-order chi connectivity index (χ0) is 23.5. The number of H-pyrrole nitrogens is 1. The van der Waals surface area contributed by atoms with Gasteiger partial charge < -0.3 is 15.1 Å². The number of aromatic nitrogens is 2. The molecule has 2 aliphatic rings. The number of aromatic amines is 1. The molecule has 0 bridgehead atoms. The van der Waals surface area contributed by atoms with Crippen molar-refractivity contribution in [2.24, 2.45) is 0 Å². The Morgan fingerprint density at radius 1 is 0.971 bits per heavy atom. The van der Waals surface area contributed by atoms with Crippen molar-refractivity contribution < 1.29 is 9.59 Å². The third-order valence-electron chi connectivity index (χ3n) is 6.66. The highest BCUT2D eigenvalue weighted by Gasteiger charge is 2.30. The molecule has 5 rings (SSSR count). The van der Waals surface area contributed by atoms with Crippen LogP contribution in [0, 0.1) is 6.92 Å². The zero-order valence-electron chi connectivity index (χ0n) is 19.5. The maximum absolute atomic E-state index is 13.0. The van der Waals surface area contributed by atoms with Crippen molar-refractivity contribution in [3.05, 3.63) is 71.4 Å². The molecule has 0 radical (unpaired) electrons. The quantitative estimate of drug-likeness (QED) is 0.593. The molecule has 3 aromatic rings. The summed E-state index contributed by atoms with van der Waals surface area (Å²) in [6, 6.07) is 18.3. The molecule has 2 aromatic carbocycles. The second-order valence-corrected chi connectivity index (χ2v) is 8.93. The Balaban J connectivity index is 1.13. The van der Waals surface area contributed by atoms with Gasteiger partial charge in [-0.3, -0.25) is 19.6 Å². The summed E-state index contributed by atoms with van der Waals surface area (Å²) in [5, 5.41) is 10.0. The number of anilines is 3. The Labute approximate surface area is 199 Å². The second kappa shape index (κ2) is 9.69. The Hall–Kier alpha value is -3.65. The highest BCUT2D eigenvalue weighted by Crippen LogP contribution is 2.27. The van der Waals surface area contributed by atoms with Crippen molar-refractivity contribution in [2.45, 2.75) is 19.8 Å². The number of para-hydroxylation sites is 1. The third-order valence-corrected chi connectivity index (χ3v) is 6.66. The van der Waals surface area contributed by atoms with Crippen LogP contribution in [0.2, 0.25) is 0 Å². The van der Waals surface area contributed by atoms with E-state index in [2.05, 4.69) is 49.6 Å². The number of benzene rings is 2. The number of hydrogen-bond acceptors (Lipinski definition) is 5. The highest BCUT2D eigenvalue weighted by molar-refractivity contribution is 6.08. The lowest BCUT2D eigenvalue weighted by Crippen LogP contribution is -2.47. The molecule has 176 valence electrons. The van der Waals surface area contributed by atoms with Gasteiger partial charge in [0.2, 0.25) is 5.91 Å². The first kappa shape index (κ1) is 22.2. The highest BCUT2D eigenvalue weighted by atomic mass is 16.2. The van der Waals surface area contributed by atoms with Gasteiger partial charge in [0.15, 0.2) is 5.82 Å². The van der Waals surface area contributed by atoms with E-state index in [1.165, 1.54) is 5.69 Å². The van der Waals surface area contributed by atoms with Crippen molar-refractivity contribution in [2.75, 3.05) is 54.4 Å². The summed E-state index contributed by atoms with van der Waals surface area (Å²) >= 11 is 0. The van der Waals surface area contributed by atoms with Gasteiger partial charge in [-0.15, -0.1) is 0 Å². The molecule has 0 unspecified atom stereocenters. The Morgan fingerprint density at radius 3 is 2.44 bits per heavy atom. The molecule has 1 aromatic heterocycles. The maximum atomic E-state index is 13.0. The number of hydrogen-bond donors (Lipinski definition) is 2. The van der Waals surface area contributed by atoms with Crippen LogP contribution in [0.25, 0.3) is 0 Å². The van der Waals surface area contributed by atoms with Gasteiger partial charge in [-0.2, -0.15) is 5.10 Å². The number of fused-ring (bicyclic) bond motifs is 1. The van der Waals surface area contributed by atoms with Crippen molar-refractivity contribution in [3.63, 3.8) is 0 Å². The molecule has 8 heteroatoms. The largest absolute Gasteiger partial charge is 0.369 e. The number of nitrogens with one attached hydrogen (secondary N) is 2. The van der Waals surface area contributed by atoms with E-state index in [1.54, 1.807) is 4.90 Å². The fourth-order valence-electron chi connectivity index (χ4n) is 4.64. The number of nitrogens with zero attached hydrogens (tertiary/aromatic N) is 4. The van der Waals surface area contributed by atoms with E-state index in [-0.39, 0.29) is 11.8 Å². The van der Waals surface area contributed by atoms with Crippen LogP contribution in [0.15, 0.2) is 54.6 Å². The molecular weight excluding hydrogens is 428 g/mol. The van der Waals surface area contributed by atoms with E-state index in [1.807, 2.05) is 37.3 Å². The van der Waals surface area contributed by atoms with Crippen LogP contribution < -0.4 is 15.1 Å². The molecule has 2 amide bonds. The molecule has 1 saturated heterocycles. The van der Waals surface area contributed by atoms with Crippen LogP contribution >= 0.6 is 0 Å². The van der Waals surface area contributed by atoms with Crippen LogP contribution in [-0.4, -0.2) is 66.2 Å². The first-order valence-corrected chi connectivity index (χ1v) is 11.9. The summed E-state index contributed by atoms with van der Waals surface area (Å²) in [7, 11) is 0. The molecule has 0 saturated carbocycles. The molecule has 3 heterocycles. The number of carbonyl (C=O) groups is 2. The predicted molar refractivity (Wildman–Crippen MR) is 133 cm³/mol. The first-order valence-electron chi connectivity index (χ1n) is 11.9. The zero-order valence-corrected chi connectivity index (χ0v) is 19.5. The Kier molecular flexibility index (Phi) is 6.31. The SMILES string of the molecule is Cc1ccc(N2CCc3c(NC(=O)CCN4CCN(c5ccccc5)CC4)n[nH]c3C2=O)cc1. The van der Waals surface area contributed by atoms with E-state index in [0.717, 1.165) is 43.0 Å². The average Bonchev–Trinajstić information content (AvgIpc) is 3.28. The molecule has 0 aliphatic carbocycles. The van der Waals surface area contributed by atoms with Crippen LogP contribution in [-0.2, 0) is 11.2 Å². The van der Waals surface area contributed by atoms with Crippen molar-refractivity contribution in [1.29, 1.82) is 0 Å². The number of aryl methyl sites for hydroxylation is 1. The standard InChI is InChI=1S/C26H30N6O2/c1-19-7-9-21(10-8-19)32-14-11-22-24(26(32)34)28-29-25(22)27-23(33)12-13-30-15-17-31(18-16-30)20-5-3-2-4-6-20/h2-10H,11-18H2,1H3,(H2,27,28,29,33). The number of amides is 2. The van der Waals surface area contributed by atoms with Crippen molar-refractivity contribution in [1.82, 2.24) is 15.1 Å². The summed E-state index contributed by atoms with van der Waals surface area (Å²) in [5.41, 5.74) is 4.52. The van der Waals surface area contributed by atoms with Gasteiger partial charge in [-0.25, -0.2) is 0 Å². The van der Waals surface area contributed by atoms with E-state index >= 15 is 0 Å². The van der Waals surface area contributed by atoms with E-state index in [4.69, 9.17) is 0 Å². The lowest BCUT2D eigenvalue weighted by atomic mass is 10.0. The second-order valence-electron chi connectivity index (χ2n) is 8.93. The van der Waals surface area contributed by atoms with Crippen LogP contribution in [0.3, 0.4) is 0 Å². The molecule has 2 N–H and O–H groups in total. The molecule has 8 nitrogen and oxygen atoms in total. The molecule has 2 aliphatic heterocycles. The monoisotopic (exact) mass is 458 g/mol. The Bertz CT molecular complexity index is 1150. The lowest BCUT2D eigenvalue weighted by Gasteiger charge is -2.36. The summed E-state index contributed by atoms with van der Waals surface area (Å²) in [6.45, 7) is 7.07. The molecule has 0 atom stereocenters. The van der Waals surface area contributed by atoms with Crippen LogP contribution in [0.5, 0.6) is 0 Å². The molecule has 34 heavy (non-hydrogen) atoms. The number of carbonyl (C=O) groups excluding carboxylic acids is 2. The fraction of sp³-hybridized carbons (Fsp3) is 0.346. The first-order chi connectivity index (χ1) is 16.6. The van der Waals surface area contributed by atoms with Gasteiger partial charge in [-0.1, -0.05) is 35.9 Å². The fourth-order valence-corrected chi connectivity index (χ4v) is 4.64. The van der Waals surface area contributed by atoms with Crippen molar-refractivity contribution >= 4 is 29.0 Å². The predicted octanol–water partition coefficient (Wildman–Crippen LogP) is 3.07. The number of piperazine rings is 1.